The lowest BCUT2D eigenvalue weighted by Gasteiger charge is -2.25. The average Bonchev–Trinajstić information content (AvgIpc) is 3.30. The van der Waals surface area contributed by atoms with Crippen molar-refractivity contribution in [3.8, 4) is 5.69 Å². The fourth-order valence-corrected chi connectivity index (χ4v) is 5.35. The Labute approximate surface area is 211 Å². The molecule has 2 aromatic carbocycles. The van der Waals surface area contributed by atoms with Crippen LogP contribution < -0.4 is 10.7 Å². The molecule has 35 heavy (non-hydrogen) atoms. The van der Waals surface area contributed by atoms with Gasteiger partial charge >= 0.3 is 0 Å². The van der Waals surface area contributed by atoms with Crippen molar-refractivity contribution in [3.05, 3.63) is 92.0 Å². The highest BCUT2D eigenvalue weighted by Gasteiger charge is 2.19. The quantitative estimate of drug-likeness (QED) is 0.411. The van der Waals surface area contributed by atoms with Crippen LogP contribution in [0.5, 0.6) is 0 Å². The lowest BCUT2D eigenvalue weighted by molar-refractivity contribution is -0.120. The predicted octanol–water partition coefficient (Wildman–Crippen LogP) is 3.79. The van der Waals surface area contributed by atoms with Gasteiger partial charge in [-0.2, -0.15) is 5.10 Å². The van der Waals surface area contributed by atoms with Crippen LogP contribution in [0.4, 0.5) is 0 Å². The minimum Gasteiger partial charge on any atom is -0.379 e. The molecular formula is C26H25ClN4O3S. The Morgan fingerprint density at radius 1 is 1.09 bits per heavy atom. The van der Waals surface area contributed by atoms with Crippen molar-refractivity contribution in [2.24, 2.45) is 0 Å². The molecule has 0 atom stereocenters. The largest absolute Gasteiger partial charge is 0.379 e. The second kappa shape index (κ2) is 10.7. The van der Waals surface area contributed by atoms with Crippen LogP contribution in [0.15, 0.2) is 65.5 Å². The molecule has 1 amide bonds. The maximum absolute atomic E-state index is 13.4. The first-order chi connectivity index (χ1) is 17.1. The van der Waals surface area contributed by atoms with Gasteiger partial charge in [0.15, 0.2) is 0 Å². The van der Waals surface area contributed by atoms with Crippen molar-refractivity contribution >= 4 is 39.1 Å². The standard InChI is InChI=1S/C26H25ClN4O3S/c27-19-8-6-18(7-9-19)16-28-24(32)15-23-25(33)22-14-21(17-30-10-12-34-13-11-30)35-26(22)31(29-23)20-4-2-1-3-5-20/h1-9,14H,10-13,15-17H2,(H,28,32). The molecule has 0 aliphatic carbocycles. The van der Waals surface area contributed by atoms with Gasteiger partial charge in [0.1, 0.15) is 10.5 Å². The monoisotopic (exact) mass is 508 g/mol. The van der Waals surface area contributed by atoms with E-state index in [2.05, 4.69) is 15.3 Å². The van der Waals surface area contributed by atoms with Gasteiger partial charge in [-0.25, -0.2) is 4.68 Å². The molecule has 5 rings (SSSR count). The van der Waals surface area contributed by atoms with Gasteiger partial charge in [-0.1, -0.05) is 41.9 Å². The van der Waals surface area contributed by atoms with Crippen LogP contribution in [0.25, 0.3) is 15.9 Å². The molecule has 1 aliphatic heterocycles. The Morgan fingerprint density at radius 2 is 1.83 bits per heavy atom. The van der Waals surface area contributed by atoms with Gasteiger partial charge < -0.3 is 10.1 Å². The first-order valence-electron chi connectivity index (χ1n) is 11.5. The number of morpholine rings is 1. The summed E-state index contributed by atoms with van der Waals surface area (Å²) < 4.78 is 7.24. The molecule has 0 saturated carbocycles. The number of para-hydroxylation sites is 1. The number of fused-ring (bicyclic) bond motifs is 1. The summed E-state index contributed by atoms with van der Waals surface area (Å²) in [6.45, 7) is 4.29. The molecule has 0 bridgehead atoms. The van der Waals surface area contributed by atoms with E-state index >= 15 is 0 Å². The summed E-state index contributed by atoms with van der Waals surface area (Å²) >= 11 is 7.50. The van der Waals surface area contributed by atoms with Crippen molar-refractivity contribution in [1.29, 1.82) is 0 Å². The molecule has 1 fully saturated rings. The summed E-state index contributed by atoms with van der Waals surface area (Å²) in [5.41, 5.74) is 1.81. The fraction of sp³-hybridized carbons (Fsp3) is 0.269. The van der Waals surface area contributed by atoms with Crippen LogP contribution in [-0.2, 0) is 29.0 Å². The maximum atomic E-state index is 13.4. The van der Waals surface area contributed by atoms with Crippen LogP contribution in [0, 0.1) is 0 Å². The summed E-state index contributed by atoms with van der Waals surface area (Å²) in [4.78, 5) is 30.3. The van der Waals surface area contributed by atoms with Crippen molar-refractivity contribution in [2.75, 3.05) is 26.3 Å². The number of hydrogen-bond acceptors (Lipinski definition) is 6. The van der Waals surface area contributed by atoms with E-state index < -0.39 is 0 Å². The fourth-order valence-electron chi connectivity index (χ4n) is 4.05. The number of hydrogen-bond donors (Lipinski definition) is 1. The number of halogens is 1. The topological polar surface area (TPSA) is 76.5 Å². The van der Waals surface area contributed by atoms with E-state index in [-0.39, 0.29) is 23.5 Å². The number of carbonyl (C=O) groups excluding carboxylic acids is 1. The summed E-state index contributed by atoms with van der Waals surface area (Å²) in [6, 6.07) is 18.9. The number of nitrogens with one attached hydrogen (secondary N) is 1. The summed E-state index contributed by atoms with van der Waals surface area (Å²) in [6.07, 6.45) is -0.0934. The second-order valence-corrected chi connectivity index (χ2v) is 9.97. The number of aromatic nitrogens is 2. The van der Waals surface area contributed by atoms with Gasteiger partial charge in [0.2, 0.25) is 11.3 Å². The minimum atomic E-state index is -0.257. The first kappa shape index (κ1) is 23.7. The first-order valence-corrected chi connectivity index (χ1v) is 12.7. The molecule has 0 spiro atoms. The highest BCUT2D eigenvalue weighted by Crippen LogP contribution is 2.27. The summed E-state index contributed by atoms with van der Waals surface area (Å²) in [7, 11) is 0. The number of rotatable bonds is 7. The third kappa shape index (κ3) is 5.62. The maximum Gasteiger partial charge on any atom is 0.226 e. The third-order valence-electron chi connectivity index (χ3n) is 5.90. The van der Waals surface area contributed by atoms with Crippen molar-refractivity contribution in [2.45, 2.75) is 19.5 Å². The Balaban J connectivity index is 1.43. The van der Waals surface area contributed by atoms with Crippen molar-refractivity contribution in [1.82, 2.24) is 20.0 Å². The molecule has 4 aromatic rings. The number of thiophene rings is 1. The molecule has 9 heteroatoms. The number of nitrogens with zero attached hydrogens (tertiary/aromatic N) is 3. The number of ether oxygens (including phenoxy) is 1. The Bertz CT molecular complexity index is 1380. The molecule has 0 radical (unpaired) electrons. The van der Waals surface area contributed by atoms with Gasteiger partial charge in [0.25, 0.3) is 0 Å². The highest BCUT2D eigenvalue weighted by molar-refractivity contribution is 7.18. The number of carbonyl (C=O) groups is 1. The molecule has 1 N–H and O–H groups in total. The zero-order valence-corrected chi connectivity index (χ0v) is 20.6. The zero-order valence-electron chi connectivity index (χ0n) is 19.1. The Morgan fingerprint density at radius 3 is 2.57 bits per heavy atom. The van der Waals surface area contributed by atoms with Gasteiger partial charge in [0.05, 0.1) is 30.7 Å². The number of benzene rings is 2. The molecular weight excluding hydrogens is 484 g/mol. The molecule has 180 valence electrons. The molecule has 7 nitrogen and oxygen atoms in total. The highest BCUT2D eigenvalue weighted by atomic mass is 35.5. The van der Waals surface area contributed by atoms with Crippen LogP contribution in [0.3, 0.4) is 0 Å². The predicted molar refractivity (Wildman–Crippen MR) is 138 cm³/mol. The van der Waals surface area contributed by atoms with Gasteiger partial charge in [-0.15, -0.1) is 11.3 Å². The van der Waals surface area contributed by atoms with E-state index in [1.165, 1.54) is 0 Å². The van der Waals surface area contributed by atoms with Crippen LogP contribution in [0.2, 0.25) is 5.02 Å². The van der Waals surface area contributed by atoms with E-state index in [4.69, 9.17) is 16.3 Å². The van der Waals surface area contributed by atoms with E-state index in [0.717, 1.165) is 53.8 Å². The number of amides is 1. The molecule has 3 heterocycles. The molecule has 1 saturated heterocycles. The molecule has 2 aromatic heterocycles. The van der Waals surface area contributed by atoms with E-state index in [9.17, 15) is 9.59 Å². The van der Waals surface area contributed by atoms with Crippen LogP contribution >= 0.6 is 22.9 Å². The van der Waals surface area contributed by atoms with E-state index in [1.807, 2.05) is 48.5 Å². The van der Waals surface area contributed by atoms with Crippen molar-refractivity contribution < 1.29 is 9.53 Å². The summed E-state index contributed by atoms with van der Waals surface area (Å²) in [5.74, 6) is -0.257. The smallest absolute Gasteiger partial charge is 0.226 e. The molecule has 0 unspecified atom stereocenters. The van der Waals surface area contributed by atoms with E-state index in [0.29, 0.717) is 17.0 Å². The zero-order chi connectivity index (χ0) is 24.2. The normalized spacial score (nSPS) is 14.3. The lowest BCUT2D eigenvalue weighted by atomic mass is 10.2. The average molecular weight is 509 g/mol. The van der Waals surface area contributed by atoms with Crippen LogP contribution in [0.1, 0.15) is 16.1 Å². The summed E-state index contributed by atoms with van der Waals surface area (Å²) in [5, 5.41) is 8.75. The second-order valence-electron chi connectivity index (χ2n) is 8.42. The SMILES string of the molecule is O=C(Cc1nn(-c2ccccc2)c2sc(CN3CCOCC3)cc2c1=O)NCc1ccc(Cl)cc1. The minimum absolute atomic E-state index is 0.0934. The van der Waals surface area contributed by atoms with E-state index in [1.54, 1.807) is 28.2 Å². The van der Waals surface area contributed by atoms with Gasteiger partial charge in [-0.05, 0) is 35.9 Å². The van der Waals surface area contributed by atoms with Gasteiger partial charge in [0, 0.05) is 36.1 Å². The molecule has 1 aliphatic rings. The third-order valence-corrected chi connectivity index (χ3v) is 7.25. The van der Waals surface area contributed by atoms with Crippen LogP contribution in [-0.4, -0.2) is 46.9 Å². The van der Waals surface area contributed by atoms with Gasteiger partial charge in [-0.3, -0.25) is 14.5 Å². The van der Waals surface area contributed by atoms with Crippen molar-refractivity contribution in [3.63, 3.8) is 0 Å². The Hall–Kier alpha value is -3.04. The Kier molecular flexibility index (Phi) is 7.24. The lowest BCUT2D eigenvalue weighted by Crippen LogP contribution is -2.35.